The molecule has 0 unspecified atom stereocenters. The number of fused-ring (bicyclic) bond motifs is 1. The van der Waals surface area contributed by atoms with Crippen LogP contribution >= 0.6 is 0 Å². The second-order valence-corrected chi connectivity index (χ2v) is 8.78. The van der Waals surface area contributed by atoms with Gasteiger partial charge in [0.15, 0.2) is 0 Å². The summed E-state index contributed by atoms with van der Waals surface area (Å²) in [4.78, 5) is 37.0. The third kappa shape index (κ3) is 4.02. The Bertz CT molecular complexity index is 1220. The van der Waals surface area contributed by atoms with Gasteiger partial charge in [-0.05, 0) is 38.0 Å². The normalized spacial score (nSPS) is 20.3. The van der Waals surface area contributed by atoms with E-state index in [9.17, 15) is 14.0 Å². The Labute approximate surface area is 189 Å². The van der Waals surface area contributed by atoms with Crippen molar-refractivity contribution >= 4 is 28.7 Å². The van der Waals surface area contributed by atoms with Crippen molar-refractivity contribution in [3.05, 3.63) is 48.5 Å². The highest BCUT2D eigenvalue weighted by Crippen LogP contribution is 2.28. The van der Waals surface area contributed by atoms with Crippen LogP contribution in [0.15, 0.2) is 43.0 Å². The zero-order valence-corrected chi connectivity index (χ0v) is 18.3. The number of pyridine rings is 2. The van der Waals surface area contributed by atoms with Crippen molar-refractivity contribution in [3.8, 4) is 5.69 Å². The molecule has 5 heterocycles. The Morgan fingerprint density at radius 1 is 1.24 bits per heavy atom. The number of nitrogens with two attached hydrogens (primary N) is 1. The van der Waals surface area contributed by atoms with Crippen molar-refractivity contribution in [2.24, 2.45) is 5.73 Å². The number of alkyl halides is 1. The topological polar surface area (TPSA) is 107 Å². The SMILES string of the molecule is CC1(F)CCN(C(=O)c2cnc3c(ccn3-c3cncc(N4C[C@@H](CN)OC4=O)c3)c2)CC1. The maximum absolute atomic E-state index is 14.1. The second-order valence-electron chi connectivity index (χ2n) is 8.78. The molecule has 33 heavy (non-hydrogen) atoms. The molecule has 172 valence electrons. The highest BCUT2D eigenvalue weighted by molar-refractivity contribution is 5.97. The Morgan fingerprint density at radius 3 is 2.73 bits per heavy atom. The Hall–Kier alpha value is -3.53. The van der Waals surface area contributed by atoms with Crippen molar-refractivity contribution in [1.82, 2.24) is 19.4 Å². The molecule has 2 saturated heterocycles. The number of hydrogen-bond acceptors (Lipinski definition) is 6. The molecule has 0 bridgehead atoms. The summed E-state index contributed by atoms with van der Waals surface area (Å²) in [5.74, 6) is -0.140. The maximum atomic E-state index is 14.1. The Kier molecular flexibility index (Phi) is 5.24. The highest BCUT2D eigenvalue weighted by Gasteiger charge is 2.33. The lowest BCUT2D eigenvalue weighted by molar-refractivity contribution is 0.0503. The molecule has 1 atom stereocenters. The van der Waals surface area contributed by atoms with Gasteiger partial charge in [-0.3, -0.25) is 19.2 Å². The van der Waals surface area contributed by atoms with Crippen LogP contribution in [0.25, 0.3) is 16.7 Å². The second kappa shape index (κ2) is 8.11. The number of carbonyl (C=O) groups is 2. The minimum atomic E-state index is -1.21. The molecule has 0 aromatic carbocycles. The molecule has 2 aliphatic rings. The van der Waals surface area contributed by atoms with Crippen LogP contribution in [0.2, 0.25) is 0 Å². The number of hydrogen-bond donors (Lipinski definition) is 1. The smallest absolute Gasteiger partial charge is 0.414 e. The highest BCUT2D eigenvalue weighted by atomic mass is 19.1. The van der Waals surface area contributed by atoms with E-state index in [1.165, 1.54) is 4.90 Å². The molecule has 2 N–H and O–H groups in total. The minimum absolute atomic E-state index is 0.140. The van der Waals surface area contributed by atoms with Gasteiger partial charge in [0, 0.05) is 37.4 Å². The number of likely N-dealkylation sites (tertiary alicyclic amines) is 1. The third-order valence-corrected chi connectivity index (χ3v) is 6.30. The van der Waals surface area contributed by atoms with E-state index >= 15 is 0 Å². The molecule has 2 fully saturated rings. The van der Waals surface area contributed by atoms with Gasteiger partial charge in [0.1, 0.15) is 17.4 Å². The largest absolute Gasteiger partial charge is 0.443 e. The van der Waals surface area contributed by atoms with Gasteiger partial charge in [0.25, 0.3) is 5.91 Å². The number of piperidine rings is 1. The monoisotopic (exact) mass is 452 g/mol. The van der Waals surface area contributed by atoms with Crippen LogP contribution in [0.3, 0.4) is 0 Å². The number of anilines is 1. The third-order valence-electron chi connectivity index (χ3n) is 6.30. The van der Waals surface area contributed by atoms with E-state index in [-0.39, 0.29) is 18.6 Å². The van der Waals surface area contributed by atoms with Crippen molar-refractivity contribution < 1.29 is 18.7 Å². The van der Waals surface area contributed by atoms with Crippen LogP contribution in [0.1, 0.15) is 30.1 Å². The van der Waals surface area contributed by atoms with E-state index < -0.39 is 11.8 Å². The molecule has 0 spiro atoms. The summed E-state index contributed by atoms with van der Waals surface area (Å²) in [6.45, 7) is 3.00. The summed E-state index contributed by atoms with van der Waals surface area (Å²) in [5.41, 5.74) is 6.86. The number of rotatable bonds is 4. The molecular formula is C23H25FN6O3. The molecule has 9 nitrogen and oxygen atoms in total. The summed E-state index contributed by atoms with van der Waals surface area (Å²) in [7, 11) is 0. The average Bonchev–Trinajstić information content (AvgIpc) is 3.41. The predicted molar refractivity (Wildman–Crippen MR) is 120 cm³/mol. The number of cyclic esters (lactones) is 1. The van der Waals surface area contributed by atoms with Crippen LogP contribution < -0.4 is 10.6 Å². The molecule has 3 aromatic heterocycles. The van der Waals surface area contributed by atoms with E-state index in [0.717, 1.165) is 11.1 Å². The molecule has 3 aromatic rings. The van der Waals surface area contributed by atoms with Gasteiger partial charge in [-0.2, -0.15) is 0 Å². The first-order valence-electron chi connectivity index (χ1n) is 10.9. The number of ether oxygens (including phenoxy) is 1. The summed E-state index contributed by atoms with van der Waals surface area (Å²) in [6.07, 6.45) is 6.54. The van der Waals surface area contributed by atoms with Crippen molar-refractivity contribution in [3.63, 3.8) is 0 Å². The van der Waals surface area contributed by atoms with Crippen LogP contribution in [0, 0.1) is 0 Å². The van der Waals surface area contributed by atoms with Crippen LogP contribution in [0.5, 0.6) is 0 Å². The van der Waals surface area contributed by atoms with E-state index in [1.807, 2.05) is 22.9 Å². The fourth-order valence-corrected chi connectivity index (χ4v) is 4.26. The molecule has 0 aliphatic carbocycles. The van der Waals surface area contributed by atoms with Crippen LogP contribution in [-0.2, 0) is 4.74 Å². The van der Waals surface area contributed by atoms with E-state index in [1.54, 1.807) is 36.5 Å². The van der Waals surface area contributed by atoms with Gasteiger partial charge in [0.2, 0.25) is 0 Å². The van der Waals surface area contributed by atoms with Gasteiger partial charge in [0.05, 0.1) is 35.9 Å². The van der Waals surface area contributed by atoms with Crippen LogP contribution in [0.4, 0.5) is 14.9 Å². The quantitative estimate of drug-likeness (QED) is 0.652. The number of halogens is 1. The number of amides is 2. The van der Waals surface area contributed by atoms with Crippen LogP contribution in [-0.4, -0.2) is 69.4 Å². The Morgan fingerprint density at radius 2 is 2.00 bits per heavy atom. The molecule has 0 radical (unpaired) electrons. The van der Waals surface area contributed by atoms with Crippen molar-refractivity contribution in [2.45, 2.75) is 31.5 Å². The van der Waals surface area contributed by atoms with E-state index in [2.05, 4.69) is 9.97 Å². The zero-order chi connectivity index (χ0) is 23.2. The fourth-order valence-electron chi connectivity index (χ4n) is 4.26. The summed E-state index contributed by atoms with van der Waals surface area (Å²) < 4.78 is 21.2. The number of carbonyl (C=O) groups excluding carboxylic acids is 2. The standard InChI is InChI=1S/C23H25FN6O3/c1-23(24)3-6-28(7-4-23)21(31)16-8-15-2-5-29(20(15)27-11-16)17-9-18(13-26-12-17)30-14-19(10-25)33-22(30)32/h2,5,8-9,11-13,19H,3-4,6-7,10,14,25H2,1H3/t19-/m1/s1. The lowest BCUT2D eigenvalue weighted by atomic mass is 9.95. The molecular weight excluding hydrogens is 427 g/mol. The van der Waals surface area contributed by atoms with Gasteiger partial charge < -0.3 is 15.4 Å². The number of aromatic nitrogens is 3. The molecule has 10 heteroatoms. The number of nitrogens with zero attached hydrogens (tertiary/aromatic N) is 5. The lowest BCUT2D eigenvalue weighted by Gasteiger charge is -2.34. The van der Waals surface area contributed by atoms with Crippen molar-refractivity contribution in [2.75, 3.05) is 31.1 Å². The van der Waals surface area contributed by atoms with Gasteiger partial charge in [-0.1, -0.05) is 0 Å². The predicted octanol–water partition coefficient (Wildman–Crippen LogP) is 2.67. The maximum Gasteiger partial charge on any atom is 0.414 e. The molecule has 2 aliphatic heterocycles. The summed E-state index contributed by atoms with van der Waals surface area (Å²) in [6, 6.07) is 5.50. The zero-order valence-electron chi connectivity index (χ0n) is 18.3. The average molecular weight is 452 g/mol. The fraction of sp³-hybridized carbons (Fsp3) is 0.391. The van der Waals surface area contributed by atoms with Crippen molar-refractivity contribution in [1.29, 1.82) is 0 Å². The van der Waals surface area contributed by atoms with Gasteiger partial charge in [-0.25, -0.2) is 14.2 Å². The van der Waals surface area contributed by atoms with Gasteiger partial charge in [-0.15, -0.1) is 0 Å². The molecule has 0 saturated carbocycles. The molecule has 2 amide bonds. The summed E-state index contributed by atoms with van der Waals surface area (Å²) in [5, 5.41) is 0.794. The first kappa shape index (κ1) is 21.3. The van der Waals surface area contributed by atoms with E-state index in [4.69, 9.17) is 10.5 Å². The first-order valence-corrected chi connectivity index (χ1v) is 10.9. The lowest BCUT2D eigenvalue weighted by Crippen LogP contribution is -2.43. The van der Waals surface area contributed by atoms with E-state index in [0.29, 0.717) is 49.4 Å². The Balaban J connectivity index is 1.40. The molecule has 5 rings (SSSR count). The van der Waals surface area contributed by atoms with Gasteiger partial charge >= 0.3 is 6.09 Å². The summed E-state index contributed by atoms with van der Waals surface area (Å²) >= 11 is 0. The minimum Gasteiger partial charge on any atom is -0.443 e. The first-order chi connectivity index (χ1) is 15.8.